The van der Waals surface area contributed by atoms with E-state index in [0.29, 0.717) is 10.8 Å². The fourth-order valence-corrected chi connectivity index (χ4v) is 6.58. The van der Waals surface area contributed by atoms with E-state index in [2.05, 4.69) is 28.0 Å². The molecule has 1 saturated carbocycles. The number of phenols is 1. The maximum Gasteiger partial charge on any atom is 0.146 e. The quantitative estimate of drug-likeness (QED) is 0.482. The highest BCUT2D eigenvalue weighted by molar-refractivity contribution is 6.32. The van der Waals surface area contributed by atoms with Gasteiger partial charge in [0, 0.05) is 12.1 Å². The second kappa shape index (κ2) is 10.3. The molecule has 190 valence electrons. The number of aliphatic imine (C=N–C) groups is 1. The third kappa shape index (κ3) is 4.98. The van der Waals surface area contributed by atoms with Crippen molar-refractivity contribution >= 4 is 29.3 Å². The Morgan fingerprint density at radius 2 is 1.69 bits per heavy atom. The van der Waals surface area contributed by atoms with Crippen LogP contribution in [0.4, 0.5) is 5.69 Å². The lowest BCUT2D eigenvalue weighted by Crippen LogP contribution is -2.44. The molecule has 0 bridgehead atoms. The van der Waals surface area contributed by atoms with Gasteiger partial charge in [0.15, 0.2) is 0 Å². The Hall–Kier alpha value is -2.21. The van der Waals surface area contributed by atoms with Gasteiger partial charge in [-0.1, -0.05) is 23.7 Å². The fraction of sp³-hybridized carbons (Fsp3) is 0.533. The van der Waals surface area contributed by atoms with Crippen molar-refractivity contribution in [2.45, 2.75) is 51.0 Å². The number of hydrogen-bond donors (Lipinski definition) is 1. The number of likely N-dealkylation sites (tertiary alicyclic amines) is 2. The number of nitrogens with zero attached hydrogens (tertiary/aromatic N) is 3. The summed E-state index contributed by atoms with van der Waals surface area (Å²) in [5.74, 6) is 1.27. The highest BCUT2D eigenvalue weighted by atomic mass is 35.5. The molecule has 0 amide bonds. The molecule has 36 heavy (non-hydrogen) atoms. The van der Waals surface area contributed by atoms with Crippen molar-refractivity contribution in [1.82, 2.24) is 9.80 Å². The number of aromatic hydroxyl groups is 1. The smallest absolute Gasteiger partial charge is 0.146 e. The maximum atomic E-state index is 13.4. The van der Waals surface area contributed by atoms with E-state index in [1.165, 1.54) is 51.7 Å². The minimum atomic E-state index is -0.176. The molecule has 2 aromatic carbocycles. The molecular formula is C30H36ClN3O2. The first-order valence-corrected chi connectivity index (χ1v) is 14.1. The number of halogens is 1. The largest absolute Gasteiger partial charge is 0.506 e. The van der Waals surface area contributed by atoms with Gasteiger partial charge in [-0.25, -0.2) is 0 Å². The van der Waals surface area contributed by atoms with Gasteiger partial charge in [0.25, 0.3) is 0 Å². The average Bonchev–Trinajstić information content (AvgIpc) is 3.63. The van der Waals surface area contributed by atoms with Crippen LogP contribution in [0.2, 0.25) is 5.02 Å². The molecule has 1 N–H and O–H groups in total. The number of piperidine rings is 1. The third-order valence-electron chi connectivity index (χ3n) is 8.74. The lowest BCUT2D eigenvalue weighted by molar-refractivity contribution is -0.124. The summed E-state index contributed by atoms with van der Waals surface area (Å²) in [5.41, 5.74) is 4.11. The highest BCUT2D eigenvalue weighted by Crippen LogP contribution is 2.45. The Balaban J connectivity index is 1.25. The first kappa shape index (κ1) is 24.1. The van der Waals surface area contributed by atoms with Crippen LogP contribution in [0.15, 0.2) is 41.4 Å². The maximum absolute atomic E-state index is 13.4. The summed E-state index contributed by atoms with van der Waals surface area (Å²) < 4.78 is 0. The van der Waals surface area contributed by atoms with Gasteiger partial charge in [-0.05, 0) is 125 Å². The second-order valence-corrected chi connectivity index (χ2v) is 11.6. The molecule has 4 aliphatic rings. The van der Waals surface area contributed by atoms with Crippen LogP contribution in [0.5, 0.6) is 5.75 Å². The van der Waals surface area contributed by atoms with Crippen molar-refractivity contribution in [2.75, 3.05) is 32.7 Å². The standard InChI is InChI=1S/C30H36ClN3O2/c31-26-18-23(6-8-28(26)35)22-5-7-27-24(17-22)29(25(19-32-27)30(36)21-3-4-21)34-15-10-20(11-16-34)9-14-33-12-1-2-13-33/h5-8,17-21,25,29,35H,1-4,9-16H2. The van der Waals surface area contributed by atoms with Crippen LogP contribution in [0, 0.1) is 17.8 Å². The van der Waals surface area contributed by atoms with Crippen LogP contribution >= 0.6 is 11.6 Å². The van der Waals surface area contributed by atoms with Crippen molar-refractivity contribution in [1.29, 1.82) is 0 Å². The topological polar surface area (TPSA) is 56.1 Å². The highest BCUT2D eigenvalue weighted by Gasteiger charge is 2.43. The molecule has 2 aromatic rings. The van der Waals surface area contributed by atoms with E-state index < -0.39 is 0 Å². The van der Waals surface area contributed by atoms with Crippen LogP contribution in [0.1, 0.15) is 56.6 Å². The number of fused-ring (bicyclic) bond motifs is 1. The zero-order valence-electron chi connectivity index (χ0n) is 20.9. The van der Waals surface area contributed by atoms with Crippen molar-refractivity contribution in [3.05, 3.63) is 47.0 Å². The fourth-order valence-electron chi connectivity index (χ4n) is 6.39. The number of carbonyl (C=O) groups is 1. The number of Topliss-reactive ketones (excluding diaryl/α,β-unsaturated/α-hetero) is 1. The average molecular weight is 506 g/mol. The van der Waals surface area contributed by atoms with Gasteiger partial charge < -0.3 is 10.0 Å². The minimum Gasteiger partial charge on any atom is -0.506 e. The molecule has 1 aliphatic carbocycles. The normalized spacial score (nSPS) is 25.2. The predicted octanol–water partition coefficient (Wildman–Crippen LogP) is 6.26. The zero-order valence-corrected chi connectivity index (χ0v) is 21.7. The number of phenolic OH excluding ortho intramolecular Hbond substituents is 1. The lowest BCUT2D eigenvalue weighted by atomic mass is 9.81. The summed E-state index contributed by atoms with van der Waals surface area (Å²) >= 11 is 6.22. The molecule has 6 rings (SSSR count). The molecule has 2 unspecified atom stereocenters. The van der Waals surface area contributed by atoms with Gasteiger partial charge in [-0.3, -0.25) is 14.7 Å². The zero-order chi connectivity index (χ0) is 24.6. The van der Waals surface area contributed by atoms with Crippen LogP contribution in [0.3, 0.4) is 0 Å². The number of carbonyl (C=O) groups excluding carboxylic acids is 1. The van der Waals surface area contributed by atoms with Crippen molar-refractivity contribution in [3.63, 3.8) is 0 Å². The van der Waals surface area contributed by atoms with Crippen molar-refractivity contribution in [2.24, 2.45) is 22.7 Å². The molecule has 3 heterocycles. The van der Waals surface area contributed by atoms with Crippen molar-refractivity contribution in [3.8, 4) is 16.9 Å². The molecule has 0 aromatic heterocycles. The lowest BCUT2D eigenvalue weighted by Gasteiger charge is -2.42. The van der Waals surface area contributed by atoms with E-state index in [0.717, 1.165) is 54.2 Å². The molecule has 2 saturated heterocycles. The Labute approximate surface area is 219 Å². The molecule has 0 spiro atoms. The van der Waals surface area contributed by atoms with Crippen molar-refractivity contribution < 1.29 is 9.90 Å². The summed E-state index contributed by atoms with van der Waals surface area (Å²) in [6.45, 7) is 5.86. The third-order valence-corrected chi connectivity index (χ3v) is 9.05. The van der Waals surface area contributed by atoms with E-state index in [9.17, 15) is 9.90 Å². The molecular weight excluding hydrogens is 470 g/mol. The summed E-state index contributed by atoms with van der Waals surface area (Å²) in [6, 6.07) is 11.7. The van der Waals surface area contributed by atoms with E-state index in [4.69, 9.17) is 16.6 Å². The first-order valence-electron chi connectivity index (χ1n) is 13.7. The van der Waals surface area contributed by atoms with Gasteiger partial charge in [0.05, 0.1) is 22.7 Å². The van der Waals surface area contributed by atoms with Crippen LogP contribution in [-0.4, -0.2) is 59.6 Å². The SMILES string of the molecule is O=C(C1CC1)C1C=Nc2ccc(-c3ccc(O)c(Cl)c3)cc2C1N1CCC(CCN2CCCC2)CC1. The Morgan fingerprint density at radius 3 is 2.42 bits per heavy atom. The van der Waals surface area contributed by atoms with Gasteiger partial charge >= 0.3 is 0 Å². The summed E-state index contributed by atoms with van der Waals surface area (Å²) in [7, 11) is 0. The number of rotatable bonds is 7. The van der Waals surface area contributed by atoms with Gasteiger partial charge in [0.2, 0.25) is 0 Å². The summed E-state index contributed by atoms with van der Waals surface area (Å²) in [4.78, 5) is 23.4. The summed E-state index contributed by atoms with van der Waals surface area (Å²) in [5, 5.41) is 10.2. The molecule has 6 heteroatoms. The van der Waals surface area contributed by atoms with E-state index >= 15 is 0 Å². The van der Waals surface area contributed by atoms with E-state index in [-0.39, 0.29) is 23.6 Å². The van der Waals surface area contributed by atoms with Gasteiger partial charge in [-0.15, -0.1) is 0 Å². The molecule has 0 radical (unpaired) electrons. The van der Waals surface area contributed by atoms with E-state index in [1.54, 1.807) is 12.1 Å². The molecule has 3 fully saturated rings. The number of benzene rings is 2. The number of hydrogen-bond acceptors (Lipinski definition) is 5. The summed E-state index contributed by atoms with van der Waals surface area (Å²) in [6.07, 6.45) is 10.4. The van der Waals surface area contributed by atoms with Gasteiger partial charge in [-0.2, -0.15) is 0 Å². The Morgan fingerprint density at radius 1 is 0.972 bits per heavy atom. The van der Waals surface area contributed by atoms with Crippen LogP contribution in [0.25, 0.3) is 11.1 Å². The van der Waals surface area contributed by atoms with Gasteiger partial charge in [0.1, 0.15) is 11.5 Å². The molecule has 3 aliphatic heterocycles. The van der Waals surface area contributed by atoms with E-state index in [1.807, 2.05) is 12.3 Å². The first-order chi connectivity index (χ1) is 17.6. The minimum absolute atomic E-state index is 0.0395. The Kier molecular flexibility index (Phi) is 6.89. The number of ketones is 1. The predicted molar refractivity (Wildman–Crippen MR) is 145 cm³/mol. The van der Waals surface area contributed by atoms with Crippen LogP contribution < -0.4 is 0 Å². The monoisotopic (exact) mass is 505 g/mol. The Bertz CT molecular complexity index is 1150. The van der Waals surface area contributed by atoms with Crippen LogP contribution in [-0.2, 0) is 4.79 Å². The molecule has 5 nitrogen and oxygen atoms in total. The molecule has 2 atom stereocenters. The second-order valence-electron chi connectivity index (χ2n) is 11.2.